The van der Waals surface area contributed by atoms with E-state index >= 15 is 0 Å². The molecule has 32 heavy (non-hydrogen) atoms. The number of alkyl halides is 3. The number of ether oxygens (including phenoxy) is 1. The van der Waals surface area contributed by atoms with E-state index in [1.54, 1.807) is 30.3 Å². The zero-order valence-electron chi connectivity index (χ0n) is 16.7. The summed E-state index contributed by atoms with van der Waals surface area (Å²) in [4.78, 5) is 11.2. The molecule has 3 rings (SSSR count). The van der Waals surface area contributed by atoms with Crippen LogP contribution in [0.4, 0.5) is 18.9 Å². The molecule has 0 saturated carbocycles. The first-order valence-electron chi connectivity index (χ1n) is 9.20. The standard InChI is InChI=1S/C22H18F3NO5S/c1-31-16-10-11-19(15(13-16)12-14-6-3-2-4-7-14)32(29,30)26-20-17(21(27)28)8-5-9-18(20)22(23,24)25/h2-11,13,26H,12H2,1H3,(H,27,28). The second-order valence-corrected chi connectivity index (χ2v) is 8.42. The molecule has 0 aliphatic carbocycles. The van der Waals surface area contributed by atoms with Crippen molar-refractivity contribution in [3.05, 3.63) is 89.0 Å². The summed E-state index contributed by atoms with van der Waals surface area (Å²) in [6.07, 6.45) is -4.82. The average molecular weight is 465 g/mol. The summed E-state index contributed by atoms with van der Waals surface area (Å²) in [6, 6.07) is 15.3. The smallest absolute Gasteiger partial charge is 0.418 e. The van der Waals surface area contributed by atoms with Gasteiger partial charge in [-0.15, -0.1) is 0 Å². The Kier molecular flexibility index (Phi) is 6.45. The molecule has 0 unspecified atom stereocenters. The SMILES string of the molecule is COc1ccc(S(=O)(=O)Nc2c(C(=O)O)cccc2C(F)(F)F)c(Cc2ccccc2)c1. The molecule has 0 atom stereocenters. The number of sulfonamides is 1. The molecule has 0 aromatic heterocycles. The van der Waals surface area contributed by atoms with E-state index in [-0.39, 0.29) is 16.9 Å². The van der Waals surface area contributed by atoms with Gasteiger partial charge in [-0.1, -0.05) is 36.4 Å². The zero-order valence-corrected chi connectivity index (χ0v) is 17.5. The number of aromatic carboxylic acids is 1. The van der Waals surface area contributed by atoms with Gasteiger partial charge in [-0.25, -0.2) is 13.2 Å². The van der Waals surface area contributed by atoms with Crippen LogP contribution in [0.1, 0.15) is 27.0 Å². The van der Waals surface area contributed by atoms with Gasteiger partial charge in [0.1, 0.15) is 5.75 Å². The Hall–Kier alpha value is -3.53. The molecule has 0 amide bonds. The van der Waals surface area contributed by atoms with Crippen LogP contribution in [0.3, 0.4) is 0 Å². The second kappa shape index (κ2) is 8.91. The highest BCUT2D eigenvalue weighted by Gasteiger charge is 2.37. The molecule has 0 bridgehead atoms. The Labute approximate surface area is 182 Å². The normalized spacial score (nSPS) is 11.8. The lowest BCUT2D eigenvalue weighted by Gasteiger charge is -2.18. The molecule has 0 aliphatic rings. The lowest BCUT2D eigenvalue weighted by Crippen LogP contribution is -2.21. The maximum atomic E-state index is 13.5. The molecule has 0 saturated heterocycles. The van der Waals surface area contributed by atoms with Crippen molar-refractivity contribution in [1.29, 1.82) is 0 Å². The van der Waals surface area contributed by atoms with Gasteiger partial charge in [0.15, 0.2) is 0 Å². The Morgan fingerprint density at radius 3 is 2.31 bits per heavy atom. The van der Waals surface area contributed by atoms with Gasteiger partial charge in [0.2, 0.25) is 0 Å². The van der Waals surface area contributed by atoms with Gasteiger partial charge >= 0.3 is 12.1 Å². The summed E-state index contributed by atoms with van der Waals surface area (Å²) in [5.41, 5.74) is -2.24. The van der Waals surface area contributed by atoms with Crippen LogP contribution in [0.25, 0.3) is 0 Å². The van der Waals surface area contributed by atoms with E-state index in [4.69, 9.17) is 4.74 Å². The molecule has 0 heterocycles. The Morgan fingerprint density at radius 1 is 1.03 bits per heavy atom. The maximum absolute atomic E-state index is 13.5. The monoisotopic (exact) mass is 465 g/mol. The largest absolute Gasteiger partial charge is 0.497 e. The van der Waals surface area contributed by atoms with Crippen molar-refractivity contribution in [2.45, 2.75) is 17.5 Å². The minimum absolute atomic E-state index is 0.154. The van der Waals surface area contributed by atoms with Gasteiger partial charge in [-0.2, -0.15) is 13.2 Å². The number of para-hydroxylation sites is 1. The zero-order chi connectivity index (χ0) is 23.5. The summed E-state index contributed by atoms with van der Waals surface area (Å²) in [5, 5.41) is 9.32. The number of rotatable bonds is 7. The van der Waals surface area contributed by atoms with Crippen molar-refractivity contribution in [3.8, 4) is 5.75 Å². The maximum Gasteiger partial charge on any atom is 0.418 e. The first kappa shape index (κ1) is 23.1. The van der Waals surface area contributed by atoms with Crippen molar-refractivity contribution in [1.82, 2.24) is 0 Å². The number of carboxylic acid groups (broad SMARTS) is 1. The highest BCUT2D eigenvalue weighted by molar-refractivity contribution is 7.92. The van der Waals surface area contributed by atoms with E-state index in [0.717, 1.165) is 17.7 Å². The molecule has 0 radical (unpaired) electrons. The van der Waals surface area contributed by atoms with Gasteiger partial charge in [0.05, 0.1) is 28.8 Å². The molecule has 6 nitrogen and oxygen atoms in total. The molecule has 2 N–H and O–H groups in total. The number of carbonyl (C=O) groups is 1. The molecule has 168 valence electrons. The van der Waals surface area contributed by atoms with E-state index in [9.17, 15) is 31.5 Å². The third kappa shape index (κ3) is 5.02. The molecule has 3 aromatic rings. The topological polar surface area (TPSA) is 92.7 Å². The number of carboxylic acids is 1. The quantitative estimate of drug-likeness (QED) is 0.523. The first-order valence-corrected chi connectivity index (χ1v) is 10.7. The van der Waals surface area contributed by atoms with Crippen LogP contribution in [-0.2, 0) is 22.6 Å². The lowest BCUT2D eigenvalue weighted by molar-refractivity contribution is -0.136. The van der Waals surface area contributed by atoms with Crippen LogP contribution in [0, 0.1) is 0 Å². The Morgan fingerprint density at radius 2 is 1.72 bits per heavy atom. The number of nitrogens with one attached hydrogen (secondary N) is 1. The fraction of sp³-hybridized carbons (Fsp3) is 0.136. The number of halogens is 3. The Balaban J connectivity index is 2.13. The lowest BCUT2D eigenvalue weighted by atomic mass is 10.0. The van der Waals surface area contributed by atoms with Gasteiger partial charge in [-0.3, -0.25) is 4.72 Å². The van der Waals surface area contributed by atoms with Crippen molar-refractivity contribution in [2.75, 3.05) is 11.8 Å². The number of methoxy groups -OCH3 is 1. The number of hydrogen-bond acceptors (Lipinski definition) is 4. The molecule has 0 fully saturated rings. The van der Waals surface area contributed by atoms with E-state index < -0.39 is 39.0 Å². The molecular formula is C22H18F3NO5S. The second-order valence-electron chi connectivity index (χ2n) is 6.77. The van der Waals surface area contributed by atoms with Gasteiger partial charge < -0.3 is 9.84 Å². The predicted molar refractivity (Wildman–Crippen MR) is 111 cm³/mol. The third-order valence-corrected chi connectivity index (χ3v) is 6.08. The van der Waals surface area contributed by atoms with Crippen molar-refractivity contribution < 1.29 is 36.2 Å². The number of benzene rings is 3. The van der Waals surface area contributed by atoms with Gasteiger partial charge in [0.25, 0.3) is 10.0 Å². The Bertz CT molecular complexity index is 1240. The van der Waals surface area contributed by atoms with Gasteiger partial charge in [-0.05, 0) is 47.9 Å². The van der Waals surface area contributed by atoms with Crippen molar-refractivity contribution in [2.24, 2.45) is 0 Å². The summed E-state index contributed by atoms with van der Waals surface area (Å²) in [5.74, 6) is -1.34. The van der Waals surface area contributed by atoms with E-state index in [1.807, 2.05) is 4.72 Å². The van der Waals surface area contributed by atoms with Crippen LogP contribution in [0.15, 0.2) is 71.6 Å². The van der Waals surface area contributed by atoms with Crippen LogP contribution < -0.4 is 9.46 Å². The number of anilines is 1. The van der Waals surface area contributed by atoms with Gasteiger partial charge in [0, 0.05) is 0 Å². The van der Waals surface area contributed by atoms with Crippen LogP contribution >= 0.6 is 0 Å². The molecule has 3 aromatic carbocycles. The van der Waals surface area contributed by atoms with E-state index in [1.165, 1.54) is 25.3 Å². The van der Waals surface area contributed by atoms with Crippen LogP contribution in [0.5, 0.6) is 5.75 Å². The van der Waals surface area contributed by atoms with Crippen LogP contribution in [-0.4, -0.2) is 26.6 Å². The minimum Gasteiger partial charge on any atom is -0.497 e. The summed E-state index contributed by atoms with van der Waals surface area (Å²) in [7, 11) is -3.20. The van der Waals surface area contributed by atoms with Crippen molar-refractivity contribution >= 4 is 21.7 Å². The fourth-order valence-corrected chi connectivity index (χ4v) is 4.49. The minimum atomic E-state index is -4.98. The van der Waals surface area contributed by atoms with E-state index in [2.05, 4.69) is 0 Å². The van der Waals surface area contributed by atoms with Crippen LogP contribution in [0.2, 0.25) is 0 Å². The molecule has 0 spiro atoms. The highest BCUT2D eigenvalue weighted by Crippen LogP contribution is 2.38. The molecular weight excluding hydrogens is 447 g/mol. The number of hydrogen-bond donors (Lipinski definition) is 2. The van der Waals surface area contributed by atoms with E-state index in [0.29, 0.717) is 11.8 Å². The summed E-state index contributed by atoms with van der Waals surface area (Å²) < 4.78 is 73.8. The first-order chi connectivity index (χ1) is 15.0. The summed E-state index contributed by atoms with van der Waals surface area (Å²) >= 11 is 0. The fourth-order valence-electron chi connectivity index (χ4n) is 3.16. The molecule has 10 heteroatoms. The summed E-state index contributed by atoms with van der Waals surface area (Å²) in [6.45, 7) is 0. The third-order valence-electron chi connectivity index (χ3n) is 4.63. The average Bonchev–Trinajstić information content (AvgIpc) is 2.73. The van der Waals surface area contributed by atoms with Crippen molar-refractivity contribution in [3.63, 3.8) is 0 Å². The highest BCUT2D eigenvalue weighted by atomic mass is 32.2. The predicted octanol–water partition coefficient (Wildman–Crippen LogP) is 4.80. The molecule has 0 aliphatic heterocycles.